The van der Waals surface area contributed by atoms with E-state index in [9.17, 15) is 4.79 Å². The molecule has 158 valence electrons. The van der Waals surface area contributed by atoms with Crippen LogP contribution in [0.3, 0.4) is 0 Å². The average molecular weight is 408 g/mol. The third-order valence-electron chi connectivity index (χ3n) is 5.90. The molecule has 1 saturated carbocycles. The third-order valence-corrected chi connectivity index (χ3v) is 5.90. The number of furan rings is 1. The summed E-state index contributed by atoms with van der Waals surface area (Å²) < 4.78 is 16.5. The van der Waals surface area contributed by atoms with Gasteiger partial charge in [-0.3, -0.25) is 4.79 Å². The largest absolute Gasteiger partial charge is 0.461 e. The Morgan fingerprint density at radius 3 is 2.40 bits per heavy atom. The number of methoxy groups -OCH3 is 2. The van der Waals surface area contributed by atoms with E-state index < -0.39 is 5.54 Å². The van der Waals surface area contributed by atoms with Crippen molar-refractivity contribution < 1.29 is 18.7 Å². The van der Waals surface area contributed by atoms with Crippen LogP contribution in [-0.2, 0) is 9.47 Å². The summed E-state index contributed by atoms with van der Waals surface area (Å²) in [4.78, 5) is 13.2. The molecule has 0 radical (unpaired) electrons. The summed E-state index contributed by atoms with van der Waals surface area (Å²) in [5.74, 6) is 1.47. The Morgan fingerprint density at radius 2 is 1.73 bits per heavy atom. The normalized spacial score (nSPS) is 18.5. The fourth-order valence-electron chi connectivity index (χ4n) is 4.47. The Hall–Kier alpha value is -2.63. The lowest BCUT2D eigenvalue weighted by Gasteiger charge is -2.29. The Kier molecular flexibility index (Phi) is 5.67. The SMILES string of the molecule is COCC(C)(COC)NC(=O)c1c(C)oc2ccc([C@@H]3C[C@H]3c3ccccc3)cc12. The number of carbonyl (C=O) groups is 1. The molecule has 0 aliphatic heterocycles. The van der Waals surface area contributed by atoms with Gasteiger partial charge in [0.2, 0.25) is 0 Å². The molecule has 1 aromatic heterocycles. The van der Waals surface area contributed by atoms with Gasteiger partial charge in [0, 0.05) is 19.6 Å². The molecule has 1 aliphatic carbocycles. The van der Waals surface area contributed by atoms with Crippen LogP contribution in [0.5, 0.6) is 0 Å². The average Bonchev–Trinajstić information content (AvgIpc) is 3.44. The van der Waals surface area contributed by atoms with E-state index in [0.717, 1.165) is 17.4 Å². The second kappa shape index (κ2) is 8.25. The summed E-state index contributed by atoms with van der Waals surface area (Å²) in [5.41, 5.74) is 3.32. The van der Waals surface area contributed by atoms with Crippen LogP contribution in [0, 0.1) is 6.92 Å². The second-order valence-electron chi connectivity index (χ2n) is 8.53. The second-order valence-corrected chi connectivity index (χ2v) is 8.53. The molecular formula is C25H29NO4. The van der Waals surface area contributed by atoms with Gasteiger partial charge in [-0.1, -0.05) is 36.4 Å². The summed E-state index contributed by atoms with van der Waals surface area (Å²) >= 11 is 0. The van der Waals surface area contributed by atoms with E-state index in [1.165, 1.54) is 11.1 Å². The number of amides is 1. The predicted octanol–water partition coefficient (Wildman–Crippen LogP) is 4.79. The Labute approximate surface area is 177 Å². The van der Waals surface area contributed by atoms with E-state index in [4.69, 9.17) is 13.9 Å². The molecule has 5 nitrogen and oxygen atoms in total. The van der Waals surface area contributed by atoms with Gasteiger partial charge in [-0.2, -0.15) is 0 Å². The number of nitrogens with one attached hydrogen (secondary N) is 1. The quantitative estimate of drug-likeness (QED) is 0.583. The number of fused-ring (bicyclic) bond motifs is 1. The van der Waals surface area contributed by atoms with Gasteiger partial charge >= 0.3 is 0 Å². The molecular weight excluding hydrogens is 378 g/mol. The van der Waals surface area contributed by atoms with Crippen molar-refractivity contribution in [3.05, 3.63) is 71.0 Å². The van der Waals surface area contributed by atoms with Crippen LogP contribution in [0.2, 0.25) is 0 Å². The molecule has 3 aromatic rings. The van der Waals surface area contributed by atoms with Crippen LogP contribution in [0.1, 0.15) is 52.4 Å². The minimum Gasteiger partial charge on any atom is -0.461 e. The lowest BCUT2D eigenvalue weighted by Crippen LogP contribution is -2.52. The number of ether oxygens (including phenoxy) is 2. The predicted molar refractivity (Wildman–Crippen MR) is 117 cm³/mol. The van der Waals surface area contributed by atoms with Crippen molar-refractivity contribution in [3.63, 3.8) is 0 Å². The molecule has 1 heterocycles. The van der Waals surface area contributed by atoms with Crippen molar-refractivity contribution in [1.29, 1.82) is 0 Å². The molecule has 2 atom stereocenters. The van der Waals surface area contributed by atoms with Crippen LogP contribution < -0.4 is 5.32 Å². The van der Waals surface area contributed by atoms with Crippen LogP contribution in [0.25, 0.3) is 11.0 Å². The number of benzene rings is 2. The highest BCUT2D eigenvalue weighted by molar-refractivity contribution is 6.07. The molecule has 0 unspecified atom stereocenters. The molecule has 1 aliphatic rings. The van der Waals surface area contributed by atoms with Crippen molar-refractivity contribution in [2.75, 3.05) is 27.4 Å². The van der Waals surface area contributed by atoms with E-state index in [1.54, 1.807) is 14.2 Å². The lowest BCUT2D eigenvalue weighted by molar-refractivity contribution is 0.0457. The fourth-order valence-corrected chi connectivity index (χ4v) is 4.47. The Morgan fingerprint density at radius 1 is 1.07 bits per heavy atom. The van der Waals surface area contributed by atoms with Gasteiger partial charge in [0.15, 0.2) is 0 Å². The zero-order valence-electron chi connectivity index (χ0n) is 18.0. The molecule has 4 rings (SSSR count). The van der Waals surface area contributed by atoms with E-state index >= 15 is 0 Å². The zero-order valence-corrected chi connectivity index (χ0v) is 18.0. The maximum atomic E-state index is 13.2. The number of hydrogen-bond acceptors (Lipinski definition) is 4. The van der Waals surface area contributed by atoms with Crippen LogP contribution in [-0.4, -0.2) is 38.9 Å². The van der Waals surface area contributed by atoms with Crippen molar-refractivity contribution in [2.45, 2.75) is 37.6 Å². The molecule has 1 amide bonds. The van der Waals surface area contributed by atoms with Crippen molar-refractivity contribution >= 4 is 16.9 Å². The van der Waals surface area contributed by atoms with Gasteiger partial charge in [0.05, 0.1) is 24.3 Å². The van der Waals surface area contributed by atoms with Gasteiger partial charge in [-0.15, -0.1) is 0 Å². The van der Waals surface area contributed by atoms with Gasteiger partial charge in [-0.25, -0.2) is 0 Å². The molecule has 0 spiro atoms. The van der Waals surface area contributed by atoms with Crippen LogP contribution in [0.4, 0.5) is 0 Å². The maximum Gasteiger partial charge on any atom is 0.256 e. The molecule has 1 N–H and O–H groups in total. The summed E-state index contributed by atoms with van der Waals surface area (Å²) in [5, 5.41) is 3.94. The minimum atomic E-state index is -0.622. The smallest absolute Gasteiger partial charge is 0.256 e. The van der Waals surface area contributed by atoms with Crippen molar-refractivity contribution in [3.8, 4) is 0 Å². The first-order chi connectivity index (χ1) is 14.5. The first-order valence-electron chi connectivity index (χ1n) is 10.3. The van der Waals surface area contributed by atoms with Crippen molar-refractivity contribution in [1.82, 2.24) is 5.32 Å². The van der Waals surface area contributed by atoms with Gasteiger partial charge in [0.1, 0.15) is 11.3 Å². The molecule has 2 aromatic carbocycles. The summed E-state index contributed by atoms with van der Waals surface area (Å²) in [7, 11) is 3.23. The third kappa shape index (κ3) is 4.00. The first-order valence-corrected chi connectivity index (χ1v) is 10.3. The van der Waals surface area contributed by atoms with Crippen LogP contribution >= 0.6 is 0 Å². The van der Waals surface area contributed by atoms with Gasteiger partial charge in [-0.05, 0) is 55.4 Å². The van der Waals surface area contributed by atoms with Crippen LogP contribution in [0.15, 0.2) is 52.9 Å². The summed E-state index contributed by atoms with van der Waals surface area (Å²) in [6, 6.07) is 16.8. The highest BCUT2D eigenvalue weighted by Gasteiger charge is 2.39. The summed E-state index contributed by atoms with van der Waals surface area (Å²) in [6.07, 6.45) is 1.13. The Balaban J connectivity index is 1.62. The number of carbonyl (C=O) groups excluding carboxylic acids is 1. The lowest BCUT2D eigenvalue weighted by atomic mass is 10.00. The highest BCUT2D eigenvalue weighted by Crippen LogP contribution is 2.55. The van der Waals surface area contributed by atoms with E-state index in [-0.39, 0.29) is 5.91 Å². The standard InChI is InChI=1S/C25H29NO4/c1-16-23(24(27)26-25(2,14-28-3)15-29-4)21-12-18(10-11-22(21)30-16)20-13-19(20)17-8-6-5-7-9-17/h5-12,19-20H,13-15H2,1-4H3,(H,26,27)/t19-,20-/m0/s1. The van der Waals surface area contributed by atoms with Gasteiger partial charge in [0.25, 0.3) is 5.91 Å². The molecule has 5 heteroatoms. The first kappa shape index (κ1) is 20.6. The molecule has 0 saturated heterocycles. The topological polar surface area (TPSA) is 60.7 Å². The maximum absolute atomic E-state index is 13.2. The van der Waals surface area contributed by atoms with E-state index in [0.29, 0.717) is 36.4 Å². The number of rotatable bonds is 8. The number of aryl methyl sites for hydroxylation is 1. The van der Waals surface area contributed by atoms with E-state index in [1.807, 2.05) is 26.0 Å². The fraction of sp³-hybridized carbons (Fsp3) is 0.400. The molecule has 1 fully saturated rings. The molecule has 0 bridgehead atoms. The Bertz CT molecular complexity index is 1030. The van der Waals surface area contributed by atoms with E-state index in [2.05, 4.69) is 41.7 Å². The molecule has 30 heavy (non-hydrogen) atoms. The number of hydrogen-bond donors (Lipinski definition) is 1. The van der Waals surface area contributed by atoms with Crippen molar-refractivity contribution in [2.24, 2.45) is 0 Å². The zero-order chi connectivity index (χ0) is 21.3. The monoisotopic (exact) mass is 407 g/mol. The minimum absolute atomic E-state index is 0.171. The van der Waals surface area contributed by atoms with Gasteiger partial charge < -0.3 is 19.2 Å². The highest BCUT2D eigenvalue weighted by atomic mass is 16.5. The summed E-state index contributed by atoms with van der Waals surface area (Å²) in [6.45, 7) is 4.46.